The predicted molar refractivity (Wildman–Crippen MR) is 34.4 cm³/mol. The molecule has 0 aliphatic carbocycles. The second kappa shape index (κ2) is 2.50. The summed E-state index contributed by atoms with van der Waals surface area (Å²) in [6, 6.07) is 0. The Labute approximate surface area is 49.4 Å². The Morgan fingerprint density at radius 1 is 1.25 bits per heavy atom. The van der Waals surface area contributed by atoms with Crippen molar-refractivity contribution in [2.45, 2.75) is 20.8 Å². The van der Waals surface area contributed by atoms with E-state index in [0.717, 1.165) is 0 Å². The van der Waals surface area contributed by atoms with Crippen LogP contribution in [0.15, 0.2) is 11.3 Å². The van der Waals surface area contributed by atoms with Crippen molar-refractivity contribution in [3.05, 3.63) is 11.3 Å². The van der Waals surface area contributed by atoms with E-state index in [9.17, 15) is 0 Å². The fraction of sp³-hybridized carbons (Fsp3) is 0.500. The Hall–Kier alpha value is -0.790. The van der Waals surface area contributed by atoms with Gasteiger partial charge in [0, 0.05) is 11.3 Å². The second-order valence-corrected chi connectivity index (χ2v) is 1.84. The van der Waals surface area contributed by atoms with Crippen molar-refractivity contribution in [3.8, 4) is 0 Å². The van der Waals surface area contributed by atoms with Crippen LogP contribution in [0.4, 0.5) is 0 Å². The van der Waals surface area contributed by atoms with Gasteiger partial charge < -0.3 is 10.5 Å². The van der Waals surface area contributed by atoms with Gasteiger partial charge in [-0.2, -0.15) is 0 Å². The van der Waals surface area contributed by atoms with Crippen LogP contribution in [-0.4, -0.2) is 10.8 Å². The number of aliphatic hydroxyl groups excluding tert-OH is 1. The van der Waals surface area contributed by atoms with Crippen LogP contribution in [0.1, 0.15) is 20.8 Å². The van der Waals surface area contributed by atoms with E-state index in [2.05, 4.69) is 0 Å². The summed E-state index contributed by atoms with van der Waals surface area (Å²) in [5.74, 6) is 0.234. The SMILES string of the molecule is CC(=N)/C(C)=C(/C)O. The molecule has 0 heterocycles. The number of hydrogen-bond acceptors (Lipinski definition) is 2. The highest BCUT2D eigenvalue weighted by Crippen LogP contribution is 1.99. The molecule has 0 bridgehead atoms. The quantitative estimate of drug-likeness (QED) is 0.395. The normalized spacial score (nSPS) is 12.9. The molecule has 0 fully saturated rings. The van der Waals surface area contributed by atoms with Gasteiger partial charge in [-0.3, -0.25) is 0 Å². The Morgan fingerprint density at radius 3 is 1.62 bits per heavy atom. The van der Waals surface area contributed by atoms with Crippen molar-refractivity contribution in [1.82, 2.24) is 0 Å². The van der Waals surface area contributed by atoms with E-state index in [-0.39, 0.29) is 5.76 Å². The molecule has 2 N–H and O–H groups in total. The maximum absolute atomic E-state index is 8.73. The van der Waals surface area contributed by atoms with Crippen LogP contribution < -0.4 is 0 Å². The van der Waals surface area contributed by atoms with Crippen molar-refractivity contribution in [2.75, 3.05) is 0 Å². The van der Waals surface area contributed by atoms with Crippen molar-refractivity contribution in [3.63, 3.8) is 0 Å². The van der Waals surface area contributed by atoms with Gasteiger partial charge in [0.1, 0.15) is 0 Å². The molecule has 8 heavy (non-hydrogen) atoms. The highest BCUT2D eigenvalue weighted by molar-refractivity contribution is 5.95. The fourth-order valence-electron chi connectivity index (χ4n) is 0.271. The molecule has 0 aromatic heterocycles. The first-order valence-electron chi connectivity index (χ1n) is 2.47. The zero-order valence-corrected chi connectivity index (χ0v) is 5.45. The zero-order valence-electron chi connectivity index (χ0n) is 5.45. The third-order valence-corrected chi connectivity index (χ3v) is 1.11. The topological polar surface area (TPSA) is 44.1 Å². The third kappa shape index (κ3) is 1.78. The van der Waals surface area contributed by atoms with Gasteiger partial charge in [0.25, 0.3) is 0 Å². The molecule has 0 atom stereocenters. The first kappa shape index (κ1) is 7.21. The van der Waals surface area contributed by atoms with E-state index in [4.69, 9.17) is 10.5 Å². The summed E-state index contributed by atoms with van der Waals surface area (Å²) in [7, 11) is 0. The predicted octanol–water partition coefficient (Wildman–Crippen LogP) is 1.88. The first-order chi connectivity index (χ1) is 3.55. The van der Waals surface area contributed by atoms with Crippen molar-refractivity contribution in [1.29, 1.82) is 5.41 Å². The number of nitrogens with one attached hydrogen (secondary N) is 1. The lowest BCUT2D eigenvalue weighted by Gasteiger charge is -1.96. The molecule has 2 nitrogen and oxygen atoms in total. The van der Waals surface area contributed by atoms with Gasteiger partial charge in [-0.1, -0.05) is 0 Å². The molecular formula is C6H11NO. The summed E-state index contributed by atoms with van der Waals surface area (Å²) in [4.78, 5) is 0. The lowest BCUT2D eigenvalue weighted by Crippen LogP contribution is -1.92. The summed E-state index contributed by atoms with van der Waals surface area (Å²) in [5, 5.41) is 15.7. The van der Waals surface area contributed by atoms with Gasteiger partial charge in [-0.25, -0.2) is 0 Å². The van der Waals surface area contributed by atoms with Gasteiger partial charge >= 0.3 is 0 Å². The van der Waals surface area contributed by atoms with Crippen LogP contribution in [0, 0.1) is 5.41 Å². The molecule has 0 rings (SSSR count). The highest BCUT2D eigenvalue weighted by Gasteiger charge is 1.93. The average Bonchev–Trinajstić information content (AvgIpc) is 1.64. The largest absolute Gasteiger partial charge is 0.512 e. The molecule has 0 aromatic rings. The van der Waals surface area contributed by atoms with E-state index >= 15 is 0 Å². The third-order valence-electron chi connectivity index (χ3n) is 1.11. The summed E-state index contributed by atoms with van der Waals surface area (Å²) >= 11 is 0. The number of aliphatic hydroxyl groups is 1. The smallest absolute Gasteiger partial charge is 0.0938 e. The standard InChI is InChI=1S/C6H11NO/c1-4(5(2)7)6(3)8/h7-8H,1-3H3/b6-4-,7-5?. The highest BCUT2D eigenvalue weighted by atomic mass is 16.3. The summed E-state index contributed by atoms with van der Waals surface area (Å²) < 4.78 is 0. The summed E-state index contributed by atoms with van der Waals surface area (Å²) in [6.45, 7) is 4.94. The molecule has 0 spiro atoms. The molecular weight excluding hydrogens is 102 g/mol. The minimum Gasteiger partial charge on any atom is -0.512 e. The minimum absolute atomic E-state index is 0.234. The van der Waals surface area contributed by atoms with E-state index in [0.29, 0.717) is 11.3 Å². The number of hydrogen-bond donors (Lipinski definition) is 2. The molecule has 0 unspecified atom stereocenters. The Kier molecular flexibility index (Phi) is 2.25. The van der Waals surface area contributed by atoms with Gasteiger partial charge in [-0.15, -0.1) is 0 Å². The monoisotopic (exact) mass is 113 g/mol. The number of rotatable bonds is 1. The lowest BCUT2D eigenvalue weighted by molar-refractivity contribution is 0.410. The molecule has 0 amide bonds. The fourth-order valence-corrected chi connectivity index (χ4v) is 0.271. The van der Waals surface area contributed by atoms with E-state index in [1.807, 2.05) is 0 Å². The second-order valence-electron chi connectivity index (χ2n) is 1.84. The van der Waals surface area contributed by atoms with Crippen molar-refractivity contribution < 1.29 is 5.11 Å². The van der Waals surface area contributed by atoms with Crippen LogP contribution in [0.25, 0.3) is 0 Å². The maximum Gasteiger partial charge on any atom is 0.0938 e. The molecule has 0 saturated heterocycles. The van der Waals surface area contributed by atoms with Crippen molar-refractivity contribution in [2.24, 2.45) is 0 Å². The Balaban J connectivity index is 4.23. The lowest BCUT2D eigenvalue weighted by atomic mass is 10.2. The first-order valence-corrected chi connectivity index (χ1v) is 2.47. The van der Waals surface area contributed by atoms with E-state index in [1.165, 1.54) is 0 Å². The molecule has 46 valence electrons. The Morgan fingerprint density at radius 2 is 1.62 bits per heavy atom. The van der Waals surface area contributed by atoms with Gasteiger partial charge in [-0.05, 0) is 20.8 Å². The van der Waals surface area contributed by atoms with Crippen LogP contribution in [0.3, 0.4) is 0 Å². The van der Waals surface area contributed by atoms with Crippen molar-refractivity contribution >= 4 is 5.71 Å². The average molecular weight is 113 g/mol. The van der Waals surface area contributed by atoms with E-state index in [1.54, 1.807) is 20.8 Å². The van der Waals surface area contributed by atoms with Gasteiger partial charge in [0.15, 0.2) is 0 Å². The van der Waals surface area contributed by atoms with Gasteiger partial charge in [0.2, 0.25) is 0 Å². The van der Waals surface area contributed by atoms with Crippen LogP contribution in [-0.2, 0) is 0 Å². The Bertz CT molecular complexity index is 131. The maximum atomic E-state index is 8.73. The van der Waals surface area contributed by atoms with Gasteiger partial charge in [0.05, 0.1) is 5.76 Å². The van der Waals surface area contributed by atoms with Crippen LogP contribution in [0.5, 0.6) is 0 Å². The molecule has 0 radical (unpaired) electrons. The van der Waals surface area contributed by atoms with Crippen LogP contribution in [0.2, 0.25) is 0 Å². The van der Waals surface area contributed by atoms with Crippen LogP contribution >= 0.6 is 0 Å². The molecule has 0 aliphatic rings. The molecule has 0 aromatic carbocycles. The number of allylic oxidation sites excluding steroid dienone is 2. The zero-order chi connectivity index (χ0) is 6.73. The summed E-state index contributed by atoms with van der Waals surface area (Å²) in [6.07, 6.45) is 0. The van der Waals surface area contributed by atoms with E-state index < -0.39 is 0 Å². The minimum atomic E-state index is 0.234. The summed E-state index contributed by atoms with van der Waals surface area (Å²) in [5.41, 5.74) is 1.08. The molecule has 0 saturated carbocycles. The molecule has 0 aliphatic heterocycles. The molecule has 2 heteroatoms.